The molecule has 0 radical (unpaired) electrons. The fourth-order valence-electron chi connectivity index (χ4n) is 2.07. The SMILES string of the molecule is CCOC(=O)CC(C)CC(N)c1ccc(OC)c(Cl)c1. The zero-order chi connectivity index (χ0) is 15.1. The molecule has 0 aliphatic rings. The molecule has 20 heavy (non-hydrogen) atoms. The minimum Gasteiger partial charge on any atom is -0.495 e. The molecule has 2 N–H and O–H groups in total. The van der Waals surface area contributed by atoms with Gasteiger partial charge in [0.25, 0.3) is 0 Å². The van der Waals surface area contributed by atoms with E-state index in [0.717, 1.165) is 5.56 Å². The van der Waals surface area contributed by atoms with Crippen molar-refractivity contribution in [2.24, 2.45) is 11.7 Å². The molecular formula is C15H22ClNO3. The normalized spacial score (nSPS) is 13.7. The number of carbonyl (C=O) groups is 1. The van der Waals surface area contributed by atoms with Gasteiger partial charge >= 0.3 is 5.97 Å². The van der Waals surface area contributed by atoms with Crippen LogP contribution in [-0.4, -0.2) is 19.7 Å². The molecule has 1 rings (SSSR count). The summed E-state index contributed by atoms with van der Waals surface area (Å²) in [6.45, 7) is 4.20. The lowest BCUT2D eigenvalue weighted by molar-refractivity contribution is -0.144. The van der Waals surface area contributed by atoms with E-state index in [1.165, 1.54) is 0 Å². The predicted octanol–water partition coefficient (Wildman–Crippen LogP) is 3.33. The third kappa shape index (κ3) is 5.02. The van der Waals surface area contributed by atoms with Crippen LogP contribution in [0.1, 0.15) is 38.3 Å². The quantitative estimate of drug-likeness (QED) is 0.785. The summed E-state index contributed by atoms with van der Waals surface area (Å²) < 4.78 is 10.0. The van der Waals surface area contributed by atoms with Crippen LogP contribution >= 0.6 is 11.6 Å². The summed E-state index contributed by atoms with van der Waals surface area (Å²) in [7, 11) is 1.57. The molecule has 5 heteroatoms. The van der Waals surface area contributed by atoms with Gasteiger partial charge in [0.2, 0.25) is 0 Å². The minimum atomic E-state index is -0.181. The first kappa shape index (κ1) is 16.8. The van der Waals surface area contributed by atoms with Gasteiger partial charge in [0.1, 0.15) is 5.75 Å². The number of methoxy groups -OCH3 is 1. The predicted molar refractivity (Wildman–Crippen MR) is 80.0 cm³/mol. The lowest BCUT2D eigenvalue weighted by Crippen LogP contribution is -2.17. The minimum absolute atomic E-state index is 0.157. The molecule has 0 aliphatic heterocycles. The van der Waals surface area contributed by atoms with Crippen LogP contribution in [0.15, 0.2) is 18.2 Å². The highest BCUT2D eigenvalue weighted by Gasteiger charge is 2.16. The maximum Gasteiger partial charge on any atom is 0.306 e. The summed E-state index contributed by atoms with van der Waals surface area (Å²) in [6, 6.07) is 5.34. The maximum atomic E-state index is 11.4. The van der Waals surface area contributed by atoms with Crippen LogP contribution in [0.3, 0.4) is 0 Å². The van der Waals surface area contributed by atoms with Crippen LogP contribution in [0.4, 0.5) is 0 Å². The molecule has 0 fully saturated rings. The van der Waals surface area contributed by atoms with E-state index < -0.39 is 0 Å². The van der Waals surface area contributed by atoms with Crippen LogP contribution in [0.5, 0.6) is 5.75 Å². The molecule has 2 unspecified atom stereocenters. The molecular weight excluding hydrogens is 278 g/mol. The topological polar surface area (TPSA) is 61.5 Å². The molecule has 0 saturated carbocycles. The van der Waals surface area contributed by atoms with E-state index >= 15 is 0 Å². The number of ether oxygens (including phenoxy) is 2. The van der Waals surface area contributed by atoms with E-state index in [-0.39, 0.29) is 17.9 Å². The van der Waals surface area contributed by atoms with Gasteiger partial charge in [0.05, 0.1) is 18.7 Å². The fourth-order valence-corrected chi connectivity index (χ4v) is 2.34. The molecule has 4 nitrogen and oxygen atoms in total. The van der Waals surface area contributed by atoms with E-state index in [4.69, 9.17) is 26.8 Å². The third-order valence-electron chi connectivity index (χ3n) is 3.08. The summed E-state index contributed by atoms with van der Waals surface area (Å²) in [5, 5.41) is 0.540. The van der Waals surface area contributed by atoms with E-state index in [9.17, 15) is 4.79 Å². The Balaban J connectivity index is 2.59. The standard InChI is InChI=1S/C15H22ClNO3/c1-4-20-15(18)8-10(2)7-13(17)11-5-6-14(19-3)12(16)9-11/h5-6,9-10,13H,4,7-8,17H2,1-3H3. The molecule has 2 atom stereocenters. The van der Waals surface area contributed by atoms with E-state index in [0.29, 0.717) is 30.2 Å². The Morgan fingerprint density at radius 1 is 1.45 bits per heavy atom. The lowest BCUT2D eigenvalue weighted by atomic mass is 9.94. The Hall–Kier alpha value is -1.26. The van der Waals surface area contributed by atoms with Crippen molar-refractivity contribution < 1.29 is 14.3 Å². The van der Waals surface area contributed by atoms with Crippen molar-refractivity contribution in [1.29, 1.82) is 0 Å². The number of halogens is 1. The van der Waals surface area contributed by atoms with Gasteiger partial charge < -0.3 is 15.2 Å². The smallest absolute Gasteiger partial charge is 0.306 e. The second-order valence-corrected chi connectivity index (χ2v) is 5.26. The molecule has 1 aromatic carbocycles. The number of hydrogen-bond acceptors (Lipinski definition) is 4. The highest BCUT2D eigenvalue weighted by molar-refractivity contribution is 6.32. The maximum absolute atomic E-state index is 11.4. The first-order chi connectivity index (χ1) is 9.47. The van der Waals surface area contributed by atoms with Gasteiger partial charge in [-0.25, -0.2) is 0 Å². The number of benzene rings is 1. The van der Waals surface area contributed by atoms with Gasteiger partial charge in [-0.15, -0.1) is 0 Å². The summed E-state index contributed by atoms with van der Waals surface area (Å²) in [6.07, 6.45) is 1.08. The van der Waals surface area contributed by atoms with Crippen molar-refractivity contribution in [2.75, 3.05) is 13.7 Å². The van der Waals surface area contributed by atoms with Crippen LogP contribution in [0.25, 0.3) is 0 Å². The van der Waals surface area contributed by atoms with Crippen molar-refractivity contribution in [3.05, 3.63) is 28.8 Å². The first-order valence-electron chi connectivity index (χ1n) is 6.72. The number of nitrogens with two attached hydrogens (primary N) is 1. The highest BCUT2D eigenvalue weighted by atomic mass is 35.5. The zero-order valence-corrected chi connectivity index (χ0v) is 12.9. The molecule has 0 heterocycles. The molecule has 112 valence electrons. The summed E-state index contributed by atoms with van der Waals surface area (Å²) in [5.74, 6) is 0.604. The first-order valence-corrected chi connectivity index (χ1v) is 7.10. The largest absolute Gasteiger partial charge is 0.495 e. The van der Waals surface area contributed by atoms with E-state index in [1.807, 2.05) is 19.1 Å². The Morgan fingerprint density at radius 2 is 2.15 bits per heavy atom. The van der Waals surface area contributed by atoms with Gasteiger partial charge in [0.15, 0.2) is 0 Å². The lowest BCUT2D eigenvalue weighted by Gasteiger charge is -2.18. The van der Waals surface area contributed by atoms with Gasteiger partial charge in [0, 0.05) is 12.5 Å². The van der Waals surface area contributed by atoms with Crippen molar-refractivity contribution in [1.82, 2.24) is 0 Å². The summed E-state index contributed by atoms with van der Waals surface area (Å²) >= 11 is 6.08. The van der Waals surface area contributed by atoms with Crippen LogP contribution in [0.2, 0.25) is 5.02 Å². The van der Waals surface area contributed by atoms with Crippen LogP contribution in [-0.2, 0) is 9.53 Å². The van der Waals surface area contributed by atoms with E-state index in [2.05, 4.69) is 0 Å². The van der Waals surface area contributed by atoms with Crippen molar-refractivity contribution in [2.45, 2.75) is 32.7 Å². The molecule has 0 spiro atoms. The molecule has 0 aliphatic carbocycles. The number of esters is 1. The average molecular weight is 300 g/mol. The van der Waals surface area contributed by atoms with Gasteiger partial charge in [-0.2, -0.15) is 0 Å². The van der Waals surface area contributed by atoms with Crippen molar-refractivity contribution >= 4 is 17.6 Å². The molecule has 1 aromatic rings. The molecule has 0 aromatic heterocycles. The third-order valence-corrected chi connectivity index (χ3v) is 3.38. The Morgan fingerprint density at radius 3 is 2.70 bits per heavy atom. The van der Waals surface area contributed by atoms with Crippen LogP contribution < -0.4 is 10.5 Å². The van der Waals surface area contributed by atoms with Crippen LogP contribution in [0, 0.1) is 5.92 Å². The Bertz CT molecular complexity index is 451. The average Bonchev–Trinajstić information content (AvgIpc) is 2.38. The molecule has 0 amide bonds. The second kappa shape index (κ2) is 8.12. The summed E-state index contributed by atoms with van der Waals surface area (Å²) in [4.78, 5) is 11.4. The van der Waals surface area contributed by atoms with Gasteiger partial charge in [-0.3, -0.25) is 4.79 Å². The zero-order valence-electron chi connectivity index (χ0n) is 12.2. The molecule has 0 bridgehead atoms. The summed E-state index contributed by atoms with van der Waals surface area (Å²) in [5.41, 5.74) is 7.09. The second-order valence-electron chi connectivity index (χ2n) is 4.85. The number of rotatable bonds is 7. The highest BCUT2D eigenvalue weighted by Crippen LogP contribution is 2.29. The van der Waals surface area contributed by atoms with Gasteiger partial charge in [-0.05, 0) is 37.0 Å². The Kier molecular flexibility index (Phi) is 6.82. The van der Waals surface area contributed by atoms with Gasteiger partial charge in [-0.1, -0.05) is 24.6 Å². The van der Waals surface area contributed by atoms with E-state index in [1.54, 1.807) is 20.1 Å². The molecule has 0 saturated heterocycles. The number of carbonyl (C=O) groups excluding carboxylic acids is 1. The Labute approximate surface area is 125 Å². The van der Waals surface area contributed by atoms with Crippen molar-refractivity contribution in [3.63, 3.8) is 0 Å². The monoisotopic (exact) mass is 299 g/mol. The fraction of sp³-hybridized carbons (Fsp3) is 0.533. The van der Waals surface area contributed by atoms with Crippen molar-refractivity contribution in [3.8, 4) is 5.75 Å². The number of hydrogen-bond donors (Lipinski definition) is 1.